The highest BCUT2D eigenvalue weighted by molar-refractivity contribution is 5.96. The first-order valence-electron chi connectivity index (χ1n) is 7.10. The summed E-state index contributed by atoms with van der Waals surface area (Å²) in [6.07, 6.45) is 2.37. The van der Waals surface area contributed by atoms with Gasteiger partial charge in [0.15, 0.2) is 11.5 Å². The Labute approximate surface area is 118 Å². The Morgan fingerprint density at radius 3 is 2.90 bits per heavy atom. The van der Waals surface area contributed by atoms with Gasteiger partial charge in [0.2, 0.25) is 0 Å². The number of fused-ring (bicyclic) bond motifs is 1. The van der Waals surface area contributed by atoms with Gasteiger partial charge < -0.3 is 14.5 Å². The molecule has 4 heteroatoms. The summed E-state index contributed by atoms with van der Waals surface area (Å²) in [5.74, 6) is 1.14. The number of rotatable bonds is 5. The molecule has 0 unspecified atom stereocenters. The Kier molecular flexibility index (Phi) is 3.49. The van der Waals surface area contributed by atoms with E-state index < -0.39 is 0 Å². The molecule has 2 aromatic rings. The van der Waals surface area contributed by atoms with Crippen LogP contribution in [0.4, 0.5) is 0 Å². The Morgan fingerprint density at radius 2 is 2.20 bits per heavy atom. The van der Waals surface area contributed by atoms with Crippen molar-refractivity contribution >= 4 is 16.8 Å². The molecule has 1 aromatic heterocycles. The third-order valence-corrected chi connectivity index (χ3v) is 3.73. The van der Waals surface area contributed by atoms with Crippen LogP contribution in [-0.4, -0.2) is 24.5 Å². The number of hydrogen-bond donors (Lipinski definition) is 1. The highest BCUT2D eigenvalue weighted by Crippen LogP contribution is 2.29. The van der Waals surface area contributed by atoms with Crippen molar-refractivity contribution in [3.63, 3.8) is 0 Å². The van der Waals surface area contributed by atoms with Crippen LogP contribution in [0.2, 0.25) is 0 Å². The summed E-state index contributed by atoms with van der Waals surface area (Å²) in [5, 5.41) is 4.34. The van der Waals surface area contributed by atoms with Crippen molar-refractivity contribution in [1.29, 1.82) is 0 Å². The van der Waals surface area contributed by atoms with Crippen molar-refractivity contribution in [2.24, 2.45) is 0 Å². The molecule has 0 saturated heterocycles. The average Bonchev–Trinajstić information content (AvgIpc) is 2.79. The minimum absolute atomic E-state index is 0.0591. The van der Waals surface area contributed by atoms with Gasteiger partial charge in [-0.1, -0.05) is 6.92 Å². The second-order valence-electron chi connectivity index (χ2n) is 5.33. The van der Waals surface area contributed by atoms with E-state index in [-0.39, 0.29) is 11.9 Å². The molecule has 0 aliphatic heterocycles. The molecular formula is C16H19NO3. The predicted molar refractivity (Wildman–Crippen MR) is 77.3 cm³/mol. The number of carbonyl (C=O) groups is 1. The summed E-state index contributed by atoms with van der Waals surface area (Å²) in [7, 11) is 0. The molecule has 1 heterocycles. The maximum absolute atomic E-state index is 11.3. The zero-order valence-electron chi connectivity index (χ0n) is 11.8. The molecule has 1 aliphatic rings. The molecule has 3 rings (SSSR count). The van der Waals surface area contributed by atoms with E-state index in [1.807, 2.05) is 18.2 Å². The molecule has 1 saturated carbocycles. The van der Waals surface area contributed by atoms with Gasteiger partial charge in [0.05, 0.1) is 0 Å². The molecule has 0 spiro atoms. The molecule has 0 bridgehead atoms. The Hall–Kier alpha value is -1.81. The fraction of sp³-hybridized carbons (Fsp3) is 0.438. The van der Waals surface area contributed by atoms with E-state index in [0.29, 0.717) is 17.4 Å². The third kappa shape index (κ3) is 2.56. The summed E-state index contributed by atoms with van der Waals surface area (Å²) in [4.78, 5) is 11.3. The average molecular weight is 273 g/mol. The van der Waals surface area contributed by atoms with Gasteiger partial charge in [-0.25, -0.2) is 0 Å². The first kappa shape index (κ1) is 13.2. The van der Waals surface area contributed by atoms with Gasteiger partial charge in [-0.2, -0.15) is 0 Å². The largest absolute Gasteiger partial charge is 0.490 e. The van der Waals surface area contributed by atoms with E-state index in [2.05, 4.69) is 12.2 Å². The van der Waals surface area contributed by atoms with E-state index in [4.69, 9.17) is 9.15 Å². The minimum atomic E-state index is -0.0591. The summed E-state index contributed by atoms with van der Waals surface area (Å²) in [5.41, 5.74) is 0.704. The van der Waals surface area contributed by atoms with Crippen molar-refractivity contribution in [3.8, 4) is 5.75 Å². The minimum Gasteiger partial charge on any atom is -0.490 e. The van der Waals surface area contributed by atoms with Gasteiger partial charge in [-0.3, -0.25) is 4.79 Å². The van der Waals surface area contributed by atoms with Crippen molar-refractivity contribution in [3.05, 3.63) is 30.0 Å². The van der Waals surface area contributed by atoms with Gasteiger partial charge in [0, 0.05) is 24.4 Å². The maximum Gasteiger partial charge on any atom is 0.194 e. The number of ether oxygens (including phenoxy) is 1. The van der Waals surface area contributed by atoms with Gasteiger partial charge in [0.1, 0.15) is 17.4 Å². The number of Topliss-reactive ketones (excluding diaryl/α,β-unsaturated/α-hetero) is 1. The van der Waals surface area contributed by atoms with Crippen LogP contribution in [0.5, 0.6) is 5.75 Å². The highest BCUT2D eigenvalue weighted by atomic mass is 16.5. The predicted octanol–water partition coefficient (Wildman–Crippen LogP) is 3.15. The van der Waals surface area contributed by atoms with E-state index in [9.17, 15) is 4.79 Å². The summed E-state index contributed by atoms with van der Waals surface area (Å²) < 4.78 is 11.4. The van der Waals surface area contributed by atoms with Crippen LogP contribution in [-0.2, 0) is 0 Å². The molecule has 1 aromatic carbocycles. The van der Waals surface area contributed by atoms with Crippen LogP contribution in [0.3, 0.4) is 0 Å². The van der Waals surface area contributed by atoms with Crippen LogP contribution in [0.25, 0.3) is 11.0 Å². The van der Waals surface area contributed by atoms with E-state index >= 15 is 0 Å². The molecule has 1 N–H and O–H groups in total. The maximum atomic E-state index is 11.3. The smallest absolute Gasteiger partial charge is 0.194 e. The lowest BCUT2D eigenvalue weighted by atomic mass is 9.89. The molecule has 1 aliphatic carbocycles. The van der Waals surface area contributed by atoms with Crippen LogP contribution in [0.1, 0.15) is 37.2 Å². The third-order valence-electron chi connectivity index (χ3n) is 3.73. The number of hydrogen-bond acceptors (Lipinski definition) is 4. The standard InChI is InChI=1S/C16H19NO3/c1-3-17-12-7-14(8-12)19-13-5-4-11-6-15(10(2)18)20-16(11)9-13/h4-6,9,12,14,17H,3,7-8H2,1-2H3. The van der Waals surface area contributed by atoms with Crippen molar-refractivity contribution in [2.75, 3.05) is 6.54 Å². The number of furan rings is 1. The quantitative estimate of drug-likeness (QED) is 0.850. The normalized spacial score (nSPS) is 21.7. The van der Waals surface area contributed by atoms with E-state index in [1.165, 1.54) is 6.92 Å². The number of ketones is 1. The topological polar surface area (TPSA) is 51.5 Å². The monoisotopic (exact) mass is 273 g/mol. The molecule has 106 valence electrons. The molecule has 4 nitrogen and oxygen atoms in total. The number of carbonyl (C=O) groups excluding carboxylic acids is 1. The van der Waals surface area contributed by atoms with Crippen LogP contribution in [0, 0.1) is 0 Å². The lowest BCUT2D eigenvalue weighted by molar-refractivity contribution is 0.0859. The second-order valence-corrected chi connectivity index (χ2v) is 5.33. The number of benzene rings is 1. The SMILES string of the molecule is CCNC1CC(Oc2ccc3cc(C(C)=O)oc3c2)C1. The molecule has 0 atom stereocenters. The molecule has 20 heavy (non-hydrogen) atoms. The molecule has 0 amide bonds. The van der Waals surface area contributed by atoms with Crippen LogP contribution in [0.15, 0.2) is 28.7 Å². The summed E-state index contributed by atoms with van der Waals surface area (Å²) in [6, 6.07) is 8.08. The van der Waals surface area contributed by atoms with Crippen molar-refractivity contribution in [2.45, 2.75) is 38.8 Å². The van der Waals surface area contributed by atoms with Crippen LogP contribution >= 0.6 is 0 Å². The van der Waals surface area contributed by atoms with E-state index in [0.717, 1.165) is 30.5 Å². The zero-order chi connectivity index (χ0) is 14.1. The molecular weight excluding hydrogens is 254 g/mol. The zero-order valence-corrected chi connectivity index (χ0v) is 11.8. The fourth-order valence-electron chi connectivity index (χ4n) is 2.57. The Bertz CT molecular complexity index is 626. The molecule has 1 fully saturated rings. The highest BCUT2D eigenvalue weighted by Gasteiger charge is 2.30. The Morgan fingerprint density at radius 1 is 1.40 bits per heavy atom. The number of nitrogens with one attached hydrogen (secondary N) is 1. The first-order valence-corrected chi connectivity index (χ1v) is 7.10. The summed E-state index contributed by atoms with van der Waals surface area (Å²) >= 11 is 0. The van der Waals surface area contributed by atoms with Gasteiger partial charge in [-0.15, -0.1) is 0 Å². The van der Waals surface area contributed by atoms with Gasteiger partial charge in [-0.05, 0) is 37.6 Å². The first-order chi connectivity index (χ1) is 9.65. The van der Waals surface area contributed by atoms with Gasteiger partial charge in [0.25, 0.3) is 0 Å². The second kappa shape index (κ2) is 5.29. The van der Waals surface area contributed by atoms with Gasteiger partial charge >= 0.3 is 0 Å². The fourth-order valence-corrected chi connectivity index (χ4v) is 2.57. The molecule has 0 radical (unpaired) electrons. The lowest BCUT2D eigenvalue weighted by Crippen LogP contribution is -2.46. The van der Waals surface area contributed by atoms with E-state index in [1.54, 1.807) is 6.07 Å². The lowest BCUT2D eigenvalue weighted by Gasteiger charge is -2.35. The van der Waals surface area contributed by atoms with Crippen molar-refractivity contribution < 1.29 is 13.9 Å². The summed E-state index contributed by atoms with van der Waals surface area (Å²) in [6.45, 7) is 4.62. The van der Waals surface area contributed by atoms with Crippen molar-refractivity contribution in [1.82, 2.24) is 5.32 Å². The van der Waals surface area contributed by atoms with Crippen LogP contribution < -0.4 is 10.1 Å². The Balaban J connectivity index is 1.69.